The molecule has 0 atom stereocenters. The first-order chi connectivity index (χ1) is 17.7. The molecule has 1 saturated heterocycles. The van der Waals surface area contributed by atoms with E-state index in [1.807, 2.05) is 12.1 Å². The number of nitrogens with zero attached hydrogens (tertiary/aromatic N) is 1. The van der Waals surface area contributed by atoms with Crippen molar-refractivity contribution in [3.63, 3.8) is 0 Å². The number of hydrogen-bond acceptors (Lipinski definition) is 5. The highest BCUT2D eigenvalue weighted by Gasteiger charge is 2.35. The molecule has 37 heavy (non-hydrogen) atoms. The lowest BCUT2D eigenvalue weighted by Gasteiger charge is -2.13. The molecule has 0 saturated carbocycles. The maximum absolute atomic E-state index is 12.8. The highest BCUT2D eigenvalue weighted by Crippen LogP contribution is 2.36. The number of hydrogen-bond donors (Lipinski definition) is 2. The number of para-hydroxylation sites is 2. The maximum Gasteiger partial charge on any atom is 0.329 e. The largest absolute Gasteiger partial charge is 0.495 e. The smallest absolute Gasteiger partial charge is 0.329 e. The number of imide groups is 1. The summed E-state index contributed by atoms with van der Waals surface area (Å²) in [6.45, 7) is -0.196. The third kappa shape index (κ3) is 6.43. The summed E-state index contributed by atoms with van der Waals surface area (Å²) >= 11 is 15.8. The molecule has 0 aromatic heterocycles. The van der Waals surface area contributed by atoms with Crippen LogP contribution in [-0.2, 0) is 16.2 Å². The summed E-state index contributed by atoms with van der Waals surface area (Å²) < 4.78 is 11.6. The normalized spacial score (nSPS) is 14.1. The molecular formula is C26H20BrCl2N3O5. The van der Waals surface area contributed by atoms with Gasteiger partial charge in [0.15, 0.2) is 5.75 Å². The van der Waals surface area contributed by atoms with Crippen molar-refractivity contribution in [1.82, 2.24) is 10.2 Å². The van der Waals surface area contributed by atoms with Gasteiger partial charge in [-0.15, -0.1) is 0 Å². The zero-order valence-corrected chi connectivity index (χ0v) is 22.5. The minimum atomic E-state index is -0.709. The van der Waals surface area contributed by atoms with E-state index in [0.29, 0.717) is 37.3 Å². The molecule has 1 aliphatic heterocycles. The predicted molar refractivity (Wildman–Crippen MR) is 145 cm³/mol. The Labute approximate surface area is 231 Å². The summed E-state index contributed by atoms with van der Waals surface area (Å²) in [4.78, 5) is 38.6. The standard InChI is InChI=1S/C26H20BrCl2N3O5/c1-36-22-5-3-2-4-20(22)30-23(33)13-32-25(34)21(31-26(32)35)12-16-10-18(27)24(19(29)11-16)37-14-15-6-8-17(28)9-7-15/h2-12H,13-14H2,1H3,(H,30,33)(H,31,35)/b21-12+. The molecule has 2 N–H and O–H groups in total. The molecule has 8 nitrogen and oxygen atoms in total. The van der Waals surface area contributed by atoms with Crippen molar-refractivity contribution >= 4 is 68.7 Å². The second kappa shape index (κ2) is 11.7. The number of ether oxygens (including phenoxy) is 2. The number of nitrogens with one attached hydrogen (secondary N) is 2. The van der Waals surface area contributed by atoms with Gasteiger partial charge in [-0.1, -0.05) is 47.5 Å². The molecule has 0 unspecified atom stereocenters. The SMILES string of the molecule is COc1ccccc1NC(=O)CN1C(=O)N/C(=C/c2cc(Cl)c(OCc3ccc(Cl)cc3)c(Br)c2)C1=O. The Bertz CT molecular complexity index is 1370. The summed E-state index contributed by atoms with van der Waals surface area (Å²) in [5.74, 6) is -0.315. The Balaban J connectivity index is 1.44. The van der Waals surface area contributed by atoms with Crippen molar-refractivity contribution < 1.29 is 23.9 Å². The molecule has 11 heteroatoms. The van der Waals surface area contributed by atoms with Crippen LogP contribution in [0.3, 0.4) is 0 Å². The Kier molecular flexibility index (Phi) is 8.38. The van der Waals surface area contributed by atoms with E-state index in [2.05, 4.69) is 26.6 Å². The van der Waals surface area contributed by atoms with E-state index in [9.17, 15) is 14.4 Å². The van der Waals surface area contributed by atoms with Crippen LogP contribution < -0.4 is 20.1 Å². The Morgan fingerprint density at radius 3 is 2.54 bits per heavy atom. The van der Waals surface area contributed by atoms with Crippen LogP contribution in [0.1, 0.15) is 11.1 Å². The second-order valence-corrected chi connectivity index (χ2v) is 9.55. The van der Waals surface area contributed by atoms with E-state index in [0.717, 1.165) is 10.5 Å². The summed E-state index contributed by atoms with van der Waals surface area (Å²) in [6, 6.07) is 16.6. The van der Waals surface area contributed by atoms with Crippen LogP contribution in [0.2, 0.25) is 10.0 Å². The highest BCUT2D eigenvalue weighted by molar-refractivity contribution is 9.10. The van der Waals surface area contributed by atoms with Gasteiger partial charge in [-0.3, -0.25) is 9.59 Å². The number of halogens is 3. The van der Waals surface area contributed by atoms with Gasteiger partial charge in [-0.2, -0.15) is 0 Å². The molecule has 3 aromatic carbocycles. The van der Waals surface area contributed by atoms with E-state index < -0.39 is 24.4 Å². The molecule has 4 amide bonds. The third-order valence-electron chi connectivity index (χ3n) is 5.27. The van der Waals surface area contributed by atoms with Gasteiger partial charge in [-0.25, -0.2) is 9.69 Å². The lowest BCUT2D eigenvalue weighted by atomic mass is 10.1. The topological polar surface area (TPSA) is 97.0 Å². The Morgan fingerprint density at radius 2 is 1.84 bits per heavy atom. The van der Waals surface area contributed by atoms with Crippen LogP contribution in [0.25, 0.3) is 6.08 Å². The number of benzene rings is 3. The van der Waals surface area contributed by atoms with Crippen LogP contribution >= 0.6 is 39.1 Å². The number of amides is 4. The van der Waals surface area contributed by atoms with Crippen LogP contribution in [0, 0.1) is 0 Å². The van der Waals surface area contributed by atoms with Gasteiger partial charge in [0.05, 0.1) is 22.3 Å². The summed E-state index contributed by atoms with van der Waals surface area (Å²) in [5, 5.41) is 6.07. The average molecular weight is 605 g/mol. The predicted octanol–water partition coefficient (Wildman–Crippen LogP) is 5.87. The van der Waals surface area contributed by atoms with Gasteiger partial charge in [0.1, 0.15) is 24.6 Å². The first-order valence-corrected chi connectivity index (χ1v) is 12.4. The molecular weight excluding hydrogens is 585 g/mol. The minimum absolute atomic E-state index is 0.00731. The van der Waals surface area contributed by atoms with Gasteiger partial charge in [-0.05, 0) is 69.5 Å². The van der Waals surface area contributed by atoms with Gasteiger partial charge < -0.3 is 20.1 Å². The van der Waals surface area contributed by atoms with Crippen molar-refractivity contribution in [2.75, 3.05) is 19.0 Å². The first kappa shape index (κ1) is 26.5. The van der Waals surface area contributed by atoms with Crippen molar-refractivity contribution in [3.05, 3.63) is 92.0 Å². The van der Waals surface area contributed by atoms with E-state index >= 15 is 0 Å². The molecule has 4 rings (SSSR count). The van der Waals surface area contributed by atoms with Crippen molar-refractivity contribution in [1.29, 1.82) is 0 Å². The first-order valence-electron chi connectivity index (χ1n) is 10.9. The fourth-order valence-electron chi connectivity index (χ4n) is 3.50. The third-order valence-corrected chi connectivity index (χ3v) is 6.39. The van der Waals surface area contributed by atoms with Gasteiger partial charge in [0, 0.05) is 5.02 Å². The lowest BCUT2D eigenvalue weighted by molar-refractivity contribution is -0.127. The molecule has 1 aliphatic rings. The maximum atomic E-state index is 12.8. The zero-order chi connectivity index (χ0) is 26.5. The minimum Gasteiger partial charge on any atom is -0.495 e. The van der Waals surface area contributed by atoms with Crippen LogP contribution in [0.15, 0.2) is 70.8 Å². The molecule has 3 aromatic rings. The van der Waals surface area contributed by atoms with Crippen LogP contribution in [0.5, 0.6) is 11.5 Å². The van der Waals surface area contributed by atoms with E-state index in [4.69, 9.17) is 32.7 Å². The molecule has 190 valence electrons. The number of carbonyl (C=O) groups is 3. The number of methoxy groups -OCH3 is 1. The van der Waals surface area contributed by atoms with E-state index in [1.165, 1.54) is 13.2 Å². The molecule has 1 heterocycles. The summed E-state index contributed by atoms with van der Waals surface area (Å²) in [7, 11) is 1.47. The van der Waals surface area contributed by atoms with Crippen molar-refractivity contribution in [2.45, 2.75) is 6.61 Å². The highest BCUT2D eigenvalue weighted by atomic mass is 79.9. The Hall–Kier alpha value is -3.53. The van der Waals surface area contributed by atoms with Crippen LogP contribution in [-0.4, -0.2) is 36.4 Å². The zero-order valence-electron chi connectivity index (χ0n) is 19.4. The lowest BCUT2D eigenvalue weighted by Crippen LogP contribution is -2.38. The number of urea groups is 1. The van der Waals surface area contributed by atoms with Gasteiger partial charge >= 0.3 is 6.03 Å². The molecule has 0 aliphatic carbocycles. The average Bonchev–Trinajstić information content (AvgIpc) is 3.12. The van der Waals surface area contributed by atoms with E-state index in [1.54, 1.807) is 48.5 Å². The van der Waals surface area contributed by atoms with E-state index in [-0.39, 0.29) is 12.3 Å². The molecule has 1 fully saturated rings. The van der Waals surface area contributed by atoms with Crippen molar-refractivity contribution in [2.24, 2.45) is 0 Å². The fourth-order valence-corrected chi connectivity index (χ4v) is 4.61. The number of carbonyl (C=O) groups excluding carboxylic acids is 3. The van der Waals surface area contributed by atoms with Crippen molar-refractivity contribution in [3.8, 4) is 11.5 Å². The molecule has 0 spiro atoms. The molecule has 0 radical (unpaired) electrons. The molecule has 0 bridgehead atoms. The summed E-state index contributed by atoms with van der Waals surface area (Å²) in [5.41, 5.74) is 1.89. The van der Waals surface area contributed by atoms with Crippen LogP contribution in [0.4, 0.5) is 10.5 Å². The van der Waals surface area contributed by atoms with Gasteiger partial charge in [0.2, 0.25) is 5.91 Å². The number of rotatable bonds is 8. The second-order valence-electron chi connectivity index (χ2n) is 7.86. The monoisotopic (exact) mass is 603 g/mol. The number of anilines is 1. The fraction of sp³-hybridized carbons (Fsp3) is 0.115. The van der Waals surface area contributed by atoms with Gasteiger partial charge in [0.25, 0.3) is 5.91 Å². The Morgan fingerprint density at radius 1 is 1.11 bits per heavy atom. The quantitative estimate of drug-likeness (QED) is 0.247. The summed E-state index contributed by atoms with van der Waals surface area (Å²) in [6.07, 6.45) is 1.47.